The first kappa shape index (κ1) is 31.7. The van der Waals surface area contributed by atoms with Crippen molar-refractivity contribution < 1.29 is 23.9 Å². The van der Waals surface area contributed by atoms with E-state index in [9.17, 15) is 14.4 Å². The molecule has 1 aliphatic rings. The van der Waals surface area contributed by atoms with Crippen molar-refractivity contribution in [2.75, 3.05) is 37.9 Å². The van der Waals surface area contributed by atoms with Crippen LogP contribution in [0.1, 0.15) is 45.5 Å². The highest BCUT2D eigenvalue weighted by molar-refractivity contribution is 6.40. The highest BCUT2D eigenvalue weighted by Crippen LogP contribution is 2.27. The number of halogens is 2. The number of ether oxygens (including phenoxy) is 2. The summed E-state index contributed by atoms with van der Waals surface area (Å²) in [6.45, 7) is 1.38. The molecule has 226 valence electrons. The average molecular weight is 627 g/mol. The van der Waals surface area contributed by atoms with Gasteiger partial charge in [-0.2, -0.15) is 0 Å². The Labute approximate surface area is 260 Å². The molecule has 0 radical (unpaired) electrons. The number of likely N-dealkylation sites (tertiary alicyclic amines) is 1. The number of hydrogen-bond donors (Lipinski definition) is 3. The molecule has 3 aromatic carbocycles. The number of nitrogens with two attached hydrogens (primary N) is 1. The van der Waals surface area contributed by atoms with E-state index in [1.54, 1.807) is 60.7 Å². The van der Waals surface area contributed by atoms with Crippen LogP contribution in [-0.2, 0) is 16.0 Å². The molecule has 1 fully saturated rings. The summed E-state index contributed by atoms with van der Waals surface area (Å²) < 4.78 is 10.3. The summed E-state index contributed by atoms with van der Waals surface area (Å²) in [5.74, 6) is -0.706. The Morgan fingerprint density at radius 3 is 2.26 bits per heavy atom. The topological polar surface area (TPSA) is 135 Å². The van der Waals surface area contributed by atoms with Gasteiger partial charge >= 0.3 is 5.97 Å². The molecule has 0 saturated carbocycles. The quantitative estimate of drug-likeness (QED) is 0.165. The van der Waals surface area contributed by atoms with Crippen LogP contribution in [0.15, 0.2) is 65.7 Å². The molecule has 3 aromatic rings. The van der Waals surface area contributed by atoms with E-state index in [0.717, 1.165) is 24.8 Å². The molecule has 4 N–H and O–H groups in total. The van der Waals surface area contributed by atoms with Gasteiger partial charge in [0.1, 0.15) is 5.75 Å². The van der Waals surface area contributed by atoms with E-state index in [0.29, 0.717) is 35.8 Å². The van der Waals surface area contributed by atoms with Gasteiger partial charge in [0, 0.05) is 31.3 Å². The fourth-order valence-electron chi connectivity index (χ4n) is 4.72. The van der Waals surface area contributed by atoms with Gasteiger partial charge in [0.15, 0.2) is 12.0 Å². The second-order valence-electron chi connectivity index (χ2n) is 9.89. The van der Waals surface area contributed by atoms with Crippen LogP contribution in [0.25, 0.3) is 0 Å². The predicted molar refractivity (Wildman–Crippen MR) is 168 cm³/mol. The Hall–Kier alpha value is -4.28. The average Bonchev–Trinajstić information content (AvgIpc) is 3.01. The number of carbonyl (C=O) groups is 3. The zero-order chi connectivity index (χ0) is 30.9. The maximum atomic E-state index is 13.3. The minimum Gasteiger partial charge on any atom is -0.497 e. The monoisotopic (exact) mass is 625 g/mol. The predicted octanol–water partition coefficient (Wildman–Crippen LogP) is 5.39. The number of methoxy groups -OCH3 is 2. The number of hydrogen-bond acceptors (Lipinski definition) is 6. The van der Waals surface area contributed by atoms with Gasteiger partial charge in [-0.1, -0.05) is 41.4 Å². The van der Waals surface area contributed by atoms with Crippen molar-refractivity contribution in [3.8, 4) is 5.75 Å². The third-order valence-electron chi connectivity index (χ3n) is 6.96. The molecule has 43 heavy (non-hydrogen) atoms. The number of benzene rings is 3. The fourth-order valence-corrected chi connectivity index (χ4v) is 5.29. The van der Waals surface area contributed by atoms with Crippen molar-refractivity contribution >= 4 is 58.3 Å². The lowest BCUT2D eigenvalue weighted by Crippen LogP contribution is -2.36. The molecule has 12 heteroatoms. The summed E-state index contributed by atoms with van der Waals surface area (Å²) in [5.41, 5.74) is 8.51. The molecule has 10 nitrogen and oxygen atoms in total. The van der Waals surface area contributed by atoms with E-state index in [2.05, 4.69) is 15.6 Å². The Balaban J connectivity index is 1.49. The number of carbonyl (C=O) groups excluding carboxylic acids is 3. The standard InChI is InChI=1S/C31H33Cl2N5O5/c1-42-21-13-14-22(29(40)38-15-4-3-5-16-38)25(18-21)36-31(34)37-26(30(41)43-2)17-19-9-11-20(12-10-19)35-28(39)27-23(32)7-6-8-24(27)33/h6-14,18,26H,3-5,15-17H2,1-2H3,(H,35,39)(H3,34,36,37)/t26-/m0/s1. The van der Waals surface area contributed by atoms with Crippen LogP contribution < -0.4 is 21.1 Å². The molecule has 1 atom stereocenters. The summed E-state index contributed by atoms with van der Waals surface area (Å²) >= 11 is 12.3. The van der Waals surface area contributed by atoms with Crippen molar-refractivity contribution in [3.63, 3.8) is 0 Å². The number of guanidine groups is 1. The van der Waals surface area contributed by atoms with Gasteiger partial charge in [0.05, 0.1) is 41.1 Å². The molecule has 0 spiro atoms. The van der Waals surface area contributed by atoms with Crippen LogP contribution in [0.3, 0.4) is 0 Å². The summed E-state index contributed by atoms with van der Waals surface area (Å²) in [7, 11) is 2.79. The zero-order valence-electron chi connectivity index (χ0n) is 23.9. The van der Waals surface area contributed by atoms with Gasteiger partial charge in [-0.05, 0) is 61.2 Å². The van der Waals surface area contributed by atoms with Crippen molar-refractivity contribution in [2.24, 2.45) is 10.7 Å². The number of esters is 1. The number of aliphatic imine (C=N–C) groups is 1. The van der Waals surface area contributed by atoms with Gasteiger partial charge in [-0.25, -0.2) is 9.79 Å². The van der Waals surface area contributed by atoms with E-state index in [1.807, 2.05) is 4.90 Å². The molecule has 1 saturated heterocycles. The van der Waals surface area contributed by atoms with Crippen molar-refractivity contribution in [1.82, 2.24) is 4.90 Å². The van der Waals surface area contributed by atoms with Gasteiger partial charge in [0.2, 0.25) is 0 Å². The minimum absolute atomic E-state index is 0.0724. The third kappa shape index (κ3) is 8.18. The van der Waals surface area contributed by atoms with Gasteiger partial charge in [-0.3, -0.25) is 9.59 Å². The highest BCUT2D eigenvalue weighted by Gasteiger charge is 2.23. The Bertz CT molecular complexity index is 1490. The second-order valence-corrected chi connectivity index (χ2v) is 10.7. The smallest absolute Gasteiger partial charge is 0.331 e. The number of nitrogens with one attached hydrogen (secondary N) is 2. The first-order valence-corrected chi connectivity index (χ1v) is 14.5. The normalized spacial score (nSPS) is 14.0. The lowest BCUT2D eigenvalue weighted by atomic mass is 10.1. The first-order chi connectivity index (χ1) is 20.7. The van der Waals surface area contributed by atoms with E-state index in [1.165, 1.54) is 14.2 Å². The SMILES string of the molecule is COC(=O)[C@H](Cc1ccc(NC(=O)c2c(Cl)cccc2Cl)cc1)N=C(N)Nc1cc(OC)ccc1C(=O)N1CCCCC1. The van der Waals surface area contributed by atoms with E-state index < -0.39 is 17.9 Å². The van der Waals surface area contributed by atoms with E-state index in [-0.39, 0.29) is 33.9 Å². The van der Waals surface area contributed by atoms with E-state index >= 15 is 0 Å². The largest absolute Gasteiger partial charge is 0.497 e. The maximum Gasteiger partial charge on any atom is 0.331 e. The van der Waals surface area contributed by atoms with Crippen molar-refractivity contribution in [3.05, 3.63) is 87.4 Å². The Morgan fingerprint density at radius 2 is 1.63 bits per heavy atom. The van der Waals surface area contributed by atoms with Crippen LogP contribution in [0.2, 0.25) is 10.0 Å². The van der Waals surface area contributed by atoms with Crippen LogP contribution in [0.5, 0.6) is 5.75 Å². The second kappa shape index (κ2) is 14.8. The molecule has 0 unspecified atom stereocenters. The molecule has 0 bridgehead atoms. The van der Waals surface area contributed by atoms with Crippen molar-refractivity contribution in [2.45, 2.75) is 31.7 Å². The number of amides is 2. The number of anilines is 2. The highest BCUT2D eigenvalue weighted by atomic mass is 35.5. The Morgan fingerprint density at radius 1 is 0.953 bits per heavy atom. The molecule has 1 aliphatic heterocycles. The van der Waals surface area contributed by atoms with Crippen LogP contribution >= 0.6 is 23.2 Å². The zero-order valence-corrected chi connectivity index (χ0v) is 25.4. The lowest BCUT2D eigenvalue weighted by Gasteiger charge is -2.27. The number of rotatable bonds is 9. The Kier molecular flexibility index (Phi) is 10.9. The summed E-state index contributed by atoms with van der Waals surface area (Å²) in [5, 5.41) is 6.22. The summed E-state index contributed by atoms with van der Waals surface area (Å²) in [4.78, 5) is 44.8. The molecule has 0 aromatic heterocycles. The first-order valence-electron chi connectivity index (χ1n) is 13.7. The van der Waals surface area contributed by atoms with Crippen LogP contribution in [0, 0.1) is 0 Å². The fraction of sp³-hybridized carbons (Fsp3) is 0.290. The van der Waals surface area contributed by atoms with Crippen LogP contribution in [0.4, 0.5) is 11.4 Å². The van der Waals surface area contributed by atoms with E-state index in [4.69, 9.17) is 38.4 Å². The molecule has 2 amide bonds. The van der Waals surface area contributed by atoms with Gasteiger partial charge in [-0.15, -0.1) is 0 Å². The number of piperidine rings is 1. The lowest BCUT2D eigenvalue weighted by molar-refractivity contribution is -0.142. The summed E-state index contributed by atoms with van der Waals surface area (Å²) in [6.07, 6.45) is 3.17. The van der Waals surface area contributed by atoms with Crippen LogP contribution in [-0.4, -0.2) is 62.0 Å². The maximum absolute atomic E-state index is 13.3. The van der Waals surface area contributed by atoms with Gasteiger partial charge < -0.3 is 30.7 Å². The summed E-state index contributed by atoms with van der Waals surface area (Å²) in [6, 6.07) is 15.8. The molecule has 0 aliphatic carbocycles. The molecule has 1 heterocycles. The molecular weight excluding hydrogens is 593 g/mol. The third-order valence-corrected chi connectivity index (χ3v) is 7.59. The minimum atomic E-state index is -0.980. The molecular formula is C31H33Cl2N5O5. The number of nitrogens with zero attached hydrogens (tertiary/aromatic N) is 2. The molecule has 4 rings (SSSR count). The van der Waals surface area contributed by atoms with Gasteiger partial charge in [0.25, 0.3) is 11.8 Å². The van der Waals surface area contributed by atoms with Crippen molar-refractivity contribution in [1.29, 1.82) is 0 Å².